The summed E-state index contributed by atoms with van der Waals surface area (Å²) in [6.07, 6.45) is 4.46. The molecule has 2 aliphatic heterocycles. The number of aliphatic hydroxyl groups is 2. The SMILES string of the molecule is O=C1[C@@H]2[C@@H](CC(COc3ccccc3)=C([C@H](O)CC/C(=C/c3ccc(O)c(F)c3)c3ccccn3)[C@@H]2CO)C(=O)N1C1CCN(Cc2ccccc2)CC1. The molecule has 1 aliphatic carbocycles. The number of carbonyl (C=O) groups excluding carboxylic acids is 2. The van der Waals surface area contributed by atoms with Gasteiger partial charge in [-0.15, -0.1) is 0 Å². The molecule has 2 fully saturated rings. The third kappa shape index (κ3) is 8.16. The highest BCUT2D eigenvalue weighted by Gasteiger charge is 2.56. The van der Waals surface area contributed by atoms with E-state index in [4.69, 9.17) is 4.74 Å². The van der Waals surface area contributed by atoms with Crippen LogP contribution in [0.4, 0.5) is 4.39 Å². The van der Waals surface area contributed by atoms with Crippen molar-refractivity contribution in [2.75, 3.05) is 26.3 Å². The average Bonchev–Trinajstić information content (AvgIpc) is 3.45. The van der Waals surface area contributed by atoms with Crippen LogP contribution in [-0.4, -0.2) is 80.4 Å². The fourth-order valence-electron chi connectivity index (χ4n) is 8.43. The largest absolute Gasteiger partial charge is 0.505 e. The average molecular weight is 732 g/mol. The lowest BCUT2D eigenvalue weighted by molar-refractivity contribution is -0.144. The van der Waals surface area contributed by atoms with Crippen molar-refractivity contribution in [3.05, 3.63) is 137 Å². The molecule has 3 heterocycles. The van der Waals surface area contributed by atoms with Crippen LogP contribution in [0.5, 0.6) is 11.5 Å². The van der Waals surface area contributed by atoms with Crippen LogP contribution in [0.15, 0.2) is 114 Å². The van der Waals surface area contributed by atoms with Crippen LogP contribution < -0.4 is 4.74 Å². The smallest absolute Gasteiger partial charge is 0.234 e. The zero-order valence-corrected chi connectivity index (χ0v) is 30.1. The molecule has 3 aliphatic rings. The minimum Gasteiger partial charge on any atom is -0.505 e. The Morgan fingerprint density at radius 1 is 0.944 bits per heavy atom. The van der Waals surface area contributed by atoms with Crippen molar-refractivity contribution in [1.29, 1.82) is 0 Å². The van der Waals surface area contributed by atoms with Crippen molar-refractivity contribution in [3.63, 3.8) is 0 Å². The molecule has 0 radical (unpaired) electrons. The minimum absolute atomic E-state index is 0.0885. The number of rotatable bonds is 13. The van der Waals surface area contributed by atoms with E-state index < -0.39 is 42.0 Å². The molecule has 4 aromatic rings. The zero-order chi connectivity index (χ0) is 37.6. The summed E-state index contributed by atoms with van der Waals surface area (Å²) in [7, 11) is 0. The number of piperidine rings is 1. The van der Waals surface area contributed by atoms with Crippen molar-refractivity contribution in [1.82, 2.24) is 14.8 Å². The second-order valence-corrected chi connectivity index (χ2v) is 14.5. The van der Waals surface area contributed by atoms with E-state index in [1.54, 1.807) is 24.4 Å². The number of ether oxygens (including phenoxy) is 1. The number of carbonyl (C=O) groups is 2. The first-order valence-corrected chi connectivity index (χ1v) is 18.7. The highest BCUT2D eigenvalue weighted by molar-refractivity contribution is 6.06. The van der Waals surface area contributed by atoms with Gasteiger partial charge in [-0.2, -0.15) is 0 Å². The Hall–Kier alpha value is -5.16. The number of amides is 2. The summed E-state index contributed by atoms with van der Waals surface area (Å²) in [5.74, 6) is -3.28. The molecule has 0 unspecified atom stereocenters. The van der Waals surface area contributed by atoms with E-state index in [0.717, 1.165) is 25.2 Å². The van der Waals surface area contributed by atoms with E-state index in [-0.39, 0.29) is 37.3 Å². The lowest BCUT2D eigenvalue weighted by Crippen LogP contribution is -2.47. The number of hydrogen-bond donors (Lipinski definition) is 3. The summed E-state index contributed by atoms with van der Waals surface area (Å²) < 4.78 is 20.5. The van der Waals surface area contributed by atoms with Gasteiger partial charge in [0.05, 0.1) is 30.2 Å². The predicted octanol–water partition coefficient (Wildman–Crippen LogP) is 6.26. The lowest BCUT2D eigenvalue weighted by atomic mass is 9.68. The number of likely N-dealkylation sites (tertiary alicyclic amines) is 2. The van der Waals surface area contributed by atoms with Crippen LogP contribution in [0, 0.1) is 23.6 Å². The second kappa shape index (κ2) is 16.9. The number of benzene rings is 3. The molecule has 0 bridgehead atoms. The van der Waals surface area contributed by atoms with E-state index in [9.17, 15) is 29.3 Å². The number of phenols is 1. The maximum Gasteiger partial charge on any atom is 0.234 e. The number of halogens is 1. The fraction of sp³-hybridized carbons (Fsp3) is 0.341. The third-order valence-corrected chi connectivity index (χ3v) is 11.1. The van der Waals surface area contributed by atoms with Gasteiger partial charge in [0, 0.05) is 37.8 Å². The fourth-order valence-corrected chi connectivity index (χ4v) is 8.43. The van der Waals surface area contributed by atoms with Gasteiger partial charge in [0.15, 0.2) is 11.6 Å². The number of fused-ring (bicyclic) bond motifs is 1. The third-order valence-electron chi connectivity index (χ3n) is 11.1. The molecule has 0 spiro atoms. The molecule has 280 valence electrons. The van der Waals surface area contributed by atoms with Crippen LogP contribution >= 0.6 is 0 Å². The number of imide groups is 1. The van der Waals surface area contributed by atoms with Gasteiger partial charge in [-0.25, -0.2) is 4.39 Å². The second-order valence-electron chi connectivity index (χ2n) is 14.5. The maximum atomic E-state index is 14.3. The van der Waals surface area contributed by atoms with Crippen molar-refractivity contribution < 1.29 is 34.0 Å². The van der Waals surface area contributed by atoms with Gasteiger partial charge >= 0.3 is 0 Å². The van der Waals surface area contributed by atoms with Crippen LogP contribution in [-0.2, 0) is 16.1 Å². The summed E-state index contributed by atoms with van der Waals surface area (Å²) in [4.78, 5) is 36.8. The Morgan fingerprint density at radius 2 is 1.67 bits per heavy atom. The zero-order valence-electron chi connectivity index (χ0n) is 30.1. The Morgan fingerprint density at radius 3 is 2.35 bits per heavy atom. The molecule has 3 N–H and O–H groups in total. The quantitative estimate of drug-likeness (QED) is 0.109. The van der Waals surface area contributed by atoms with Gasteiger partial charge in [0.25, 0.3) is 0 Å². The minimum atomic E-state index is -1.08. The van der Waals surface area contributed by atoms with Gasteiger partial charge in [0.2, 0.25) is 11.8 Å². The van der Waals surface area contributed by atoms with Gasteiger partial charge in [-0.1, -0.05) is 60.7 Å². The predicted molar refractivity (Wildman–Crippen MR) is 203 cm³/mol. The van der Waals surface area contributed by atoms with E-state index >= 15 is 0 Å². The van der Waals surface area contributed by atoms with Crippen LogP contribution in [0.25, 0.3) is 11.6 Å². The molecule has 9 nitrogen and oxygen atoms in total. The number of para-hydroxylation sites is 1. The van der Waals surface area contributed by atoms with Crippen LogP contribution in [0.1, 0.15) is 48.9 Å². The molecule has 4 atom stereocenters. The summed E-state index contributed by atoms with van der Waals surface area (Å²) in [6.45, 7) is 2.01. The Bertz CT molecular complexity index is 1980. The van der Waals surface area contributed by atoms with Crippen LogP contribution in [0.2, 0.25) is 0 Å². The number of nitrogens with zero attached hydrogens (tertiary/aromatic N) is 3. The molecule has 0 saturated carbocycles. The number of aliphatic hydroxyl groups excluding tert-OH is 2. The van der Waals surface area contributed by atoms with E-state index in [1.165, 1.54) is 22.6 Å². The highest BCUT2D eigenvalue weighted by Crippen LogP contribution is 2.47. The molecule has 54 heavy (non-hydrogen) atoms. The molecule has 3 aromatic carbocycles. The van der Waals surface area contributed by atoms with Crippen molar-refractivity contribution in [3.8, 4) is 11.5 Å². The van der Waals surface area contributed by atoms with Crippen molar-refractivity contribution >= 4 is 23.5 Å². The first-order valence-electron chi connectivity index (χ1n) is 18.7. The van der Waals surface area contributed by atoms with E-state index in [0.29, 0.717) is 47.4 Å². The Kier molecular flexibility index (Phi) is 11.6. The molecule has 1 aromatic heterocycles. The molecule has 2 amide bonds. The van der Waals surface area contributed by atoms with E-state index in [1.807, 2.05) is 60.7 Å². The number of aromatic hydroxyl groups is 1. The number of pyridine rings is 1. The van der Waals surface area contributed by atoms with Crippen LogP contribution in [0.3, 0.4) is 0 Å². The van der Waals surface area contributed by atoms with Gasteiger partial charge in [0.1, 0.15) is 12.4 Å². The summed E-state index contributed by atoms with van der Waals surface area (Å²) in [5.41, 5.74) is 4.35. The lowest BCUT2D eigenvalue weighted by Gasteiger charge is -2.37. The maximum absolute atomic E-state index is 14.3. The summed E-state index contributed by atoms with van der Waals surface area (Å²) >= 11 is 0. The molecular weight excluding hydrogens is 685 g/mol. The van der Waals surface area contributed by atoms with Gasteiger partial charge < -0.3 is 20.1 Å². The first kappa shape index (κ1) is 37.2. The van der Waals surface area contributed by atoms with Gasteiger partial charge in [-0.3, -0.25) is 24.4 Å². The number of aromatic nitrogens is 1. The Balaban J connectivity index is 1.13. The standard InChI is InChI=1S/C44H46FN3O6/c45-37-24-30(14-16-39(37)50)23-31(38-13-7-8-20-46-38)15-17-40(51)41-32(28-54-34-11-5-2-6-12-34)25-35-42(36(41)27-49)44(53)48(43(35)52)33-18-21-47(22-19-33)26-29-9-3-1-4-10-29/h1-14,16,20,23-24,33,35-36,40,42,49-51H,15,17-19,21-22,25-28H2/b31-23-/t35-,36+,40-,42-/m1/s1. The number of phenolic OH excluding ortho intramolecular Hbond substituents is 1. The monoisotopic (exact) mass is 731 g/mol. The Labute approximate surface area is 315 Å². The number of hydrogen-bond acceptors (Lipinski definition) is 8. The summed E-state index contributed by atoms with van der Waals surface area (Å²) in [5, 5.41) is 32.8. The molecule has 10 heteroatoms. The van der Waals surface area contributed by atoms with Gasteiger partial charge in [-0.05, 0) is 102 Å². The first-order chi connectivity index (χ1) is 26.3. The molecular formula is C44H46FN3O6. The summed E-state index contributed by atoms with van der Waals surface area (Å²) in [6, 6.07) is 28.9. The van der Waals surface area contributed by atoms with E-state index in [2.05, 4.69) is 22.0 Å². The normalized spacial score (nSPS) is 21.7. The molecule has 7 rings (SSSR count). The van der Waals surface area contributed by atoms with Crippen molar-refractivity contribution in [2.24, 2.45) is 17.8 Å². The topological polar surface area (TPSA) is 123 Å². The van der Waals surface area contributed by atoms with Crippen molar-refractivity contribution in [2.45, 2.75) is 50.8 Å². The highest BCUT2D eigenvalue weighted by atomic mass is 19.1. The number of allylic oxidation sites excluding steroid dienone is 1. The molecule has 2 saturated heterocycles.